The minimum absolute atomic E-state index is 0.219. The summed E-state index contributed by atoms with van der Waals surface area (Å²) in [4.78, 5) is 16.2. The van der Waals surface area contributed by atoms with E-state index in [-0.39, 0.29) is 12.7 Å². The molecule has 28 heavy (non-hydrogen) atoms. The average molecular weight is 413 g/mol. The molecule has 1 N–H and O–H groups in total. The first-order chi connectivity index (χ1) is 13.6. The Bertz CT molecular complexity index is 562. The number of aliphatic hydroxyl groups is 1. The first-order valence-electron chi connectivity index (χ1n) is 10.3. The van der Waals surface area contributed by atoms with Crippen LogP contribution in [0.4, 0.5) is 4.79 Å². The fourth-order valence-corrected chi connectivity index (χ4v) is 3.44. The van der Waals surface area contributed by atoms with Crippen molar-refractivity contribution in [2.45, 2.75) is 32.6 Å². The number of hydrogen-bond donors (Lipinski definition) is 1. The van der Waals surface area contributed by atoms with Gasteiger partial charge in [-0.05, 0) is 69.0 Å². The molecule has 2 rings (SSSR count). The van der Waals surface area contributed by atoms with Gasteiger partial charge in [-0.3, -0.25) is 0 Å². The summed E-state index contributed by atoms with van der Waals surface area (Å²) < 4.78 is 11.2. The Hall–Kier alpha value is -1.34. The van der Waals surface area contributed by atoms with Crippen molar-refractivity contribution in [1.29, 1.82) is 0 Å². The Kier molecular flexibility index (Phi) is 10.6. The van der Waals surface area contributed by atoms with Gasteiger partial charge in [-0.25, -0.2) is 4.79 Å². The molecule has 0 bridgehead atoms. The van der Waals surface area contributed by atoms with E-state index >= 15 is 0 Å². The molecule has 1 amide bonds. The molecule has 0 aromatic heterocycles. The molecular weight excluding hydrogens is 380 g/mol. The Morgan fingerprint density at radius 2 is 1.93 bits per heavy atom. The summed E-state index contributed by atoms with van der Waals surface area (Å²) in [6.45, 7) is 8.00. The number of aliphatic hydroxyl groups excluding tert-OH is 1. The lowest BCUT2D eigenvalue weighted by atomic mass is 9.98. The highest BCUT2D eigenvalue weighted by atomic mass is 35.5. The lowest BCUT2D eigenvalue weighted by Gasteiger charge is -2.31. The molecule has 0 aliphatic carbocycles. The van der Waals surface area contributed by atoms with Gasteiger partial charge in [0.05, 0.1) is 6.61 Å². The number of ether oxygens (including phenoxy) is 2. The predicted molar refractivity (Wildman–Crippen MR) is 111 cm³/mol. The number of halogens is 1. The van der Waals surface area contributed by atoms with E-state index in [2.05, 4.69) is 11.8 Å². The van der Waals surface area contributed by atoms with E-state index in [1.54, 1.807) is 29.2 Å². The largest absolute Gasteiger partial charge is 0.415 e. The molecular formula is C21H33ClN2O4. The number of amides is 1. The van der Waals surface area contributed by atoms with Crippen molar-refractivity contribution >= 4 is 17.7 Å². The summed E-state index contributed by atoms with van der Waals surface area (Å²) >= 11 is 5.84. The van der Waals surface area contributed by atoms with Gasteiger partial charge < -0.3 is 24.4 Å². The number of nitrogens with zero attached hydrogens (tertiary/aromatic N) is 2. The second-order valence-electron chi connectivity index (χ2n) is 7.19. The van der Waals surface area contributed by atoms with Crippen LogP contribution in [0.15, 0.2) is 24.3 Å². The molecule has 1 aromatic carbocycles. The zero-order chi connectivity index (χ0) is 20.2. The second-order valence-corrected chi connectivity index (χ2v) is 7.63. The molecule has 1 aliphatic rings. The van der Waals surface area contributed by atoms with Gasteiger partial charge in [0.15, 0.2) is 0 Å². The Morgan fingerprint density at radius 3 is 2.57 bits per heavy atom. The third-order valence-electron chi connectivity index (χ3n) is 5.12. The monoisotopic (exact) mass is 412 g/mol. The third-order valence-corrected chi connectivity index (χ3v) is 5.37. The molecule has 1 aliphatic heterocycles. The average Bonchev–Trinajstić information content (AvgIpc) is 2.71. The fourth-order valence-electron chi connectivity index (χ4n) is 3.31. The third kappa shape index (κ3) is 8.35. The number of benzene rings is 1. The van der Waals surface area contributed by atoms with E-state index < -0.39 is 0 Å². The van der Waals surface area contributed by atoms with Gasteiger partial charge in [-0.15, -0.1) is 0 Å². The van der Waals surface area contributed by atoms with Crippen LogP contribution in [0.2, 0.25) is 5.02 Å². The highest BCUT2D eigenvalue weighted by Crippen LogP contribution is 2.20. The van der Waals surface area contributed by atoms with Crippen molar-refractivity contribution in [2.24, 2.45) is 5.92 Å². The summed E-state index contributed by atoms with van der Waals surface area (Å²) in [6.07, 6.45) is 3.70. The molecule has 0 atom stereocenters. The van der Waals surface area contributed by atoms with Gasteiger partial charge in [0.25, 0.3) is 0 Å². The summed E-state index contributed by atoms with van der Waals surface area (Å²) in [6, 6.07) is 6.81. The van der Waals surface area contributed by atoms with Crippen LogP contribution in [0.5, 0.6) is 5.75 Å². The van der Waals surface area contributed by atoms with Crippen molar-refractivity contribution < 1.29 is 19.4 Å². The van der Waals surface area contributed by atoms with E-state index in [9.17, 15) is 4.79 Å². The van der Waals surface area contributed by atoms with E-state index in [0.717, 1.165) is 58.5 Å². The summed E-state index contributed by atoms with van der Waals surface area (Å²) in [7, 11) is 0. The minimum Gasteiger partial charge on any atom is -0.410 e. The smallest absolute Gasteiger partial charge is 0.410 e. The number of likely N-dealkylation sites (N-methyl/N-ethyl adjacent to an activating group) is 1. The first kappa shape index (κ1) is 22.9. The quantitative estimate of drug-likeness (QED) is 0.562. The zero-order valence-electron chi connectivity index (χ0n) is 16.8. The van der Waals surface area contributed by atoms with Crippen LogP contribution in [0.25, 0.3) is 0 Å². The highest BCUT2D eigenvalue weighted by Gasteiger charge is 2.24. The van der Waals surface area contributed by atoms with Crippen LogP contribution < -0.4 is 4.74 Å². The molecule has 1 fully saturated rings. The Morgan fingerprint density at radius 1 is 1.21 bits per heavy atom. The van der Waals surface area contributed by atoms with Crippen LogP contribution in [0.3, 0.4) is 0 Å². The number of piperidine rings is 1. The van der Waals surface area contributed by atoms with E-state index in [4.69, 9.17) is 26.2 Å². The van der Waals surface area contributed by atoms with Gasteiger partial charge in [0.1, 0.15) is 5.75 Å². The second kappa shape index (κ2) is 13.0. The summed E-state index contributed by atoms with van der Waals surface area (Å²) in [5.41, 5.74) is 0. The van der Waals surface area contributed by atoms with E-state index in [1.165, 1.54) is 0 Å². The van der Waals surface area contributed by atoms with Crippen LogP contribution in [-0.2, 0) is 4.74 Å². The number of unbranched alkanes of at least 4 members (excludes halogenated alkanes) is 1. The molecule has 158 valence electrons. The summed E-state index contributed by atoms with van der Waals surface area (Å²) in [5.74, 6) is 1.02. The van der Waals surface area contributed by atoms with Gasteiger partial charge in [0, 0.05) is 37.9 Å². The standard InChI is InChI=1S/C21H33ClN2O4/c1-2-23(14-15-25)11-3-4-16-27-17-18-9-12-24(13-10-18)21(26)28-20-7-5-19(22)6-8-20/h5-8,18,25H,2-4,9-17H2,1H3. The van der Waals surface area contributed by atoms with Crippen molar-refractivity contribution in [2.75, 3.05) is 52.5 Å². The van der Waals surface area contributed by atoms with Crippen molar-refractivity contribution in [3.05, 3.63) is 29.3 Å². The highest BCUT2D eigenvalue weighted by molar-refractivity contribution is 6.30. The number of carbonyl (C=O) groups excluding carboxylic acids is 1. The maximum Gasteiger partial charge on any atom is 0.415 e. The van der Waals surface area contributed by atoms with Gasteiger partial charge in [-0.2, -0.15) is 0 Å². The van der Waals surface area contributed by atoms with Crippen molar-refractivity contribution in [3.63, 3.8) is 0 Å². The number of hydrogen-bond acceptors (Lipinski definition) is 5. The fraction of sp³-hybridized carbons (Fsp3) is 0.667. The van der Waals surface area contributed by atoms with E-state index in [0.29, 0.717) is 29.8 Å². The van der Waals surface area contributed by atoms with Gasteiger partial charge >= 0.3 is 6.09 Å². The van der Waals surface area contributed by atoms with Crippen molar-refractivity contribution in [3.8, 4) is 5.75 Å². The first-order valence-corrected chi connectivity index (χ1v) is 10.6. The lowest BCUT2D eigenvalue weighted by molar-refractivity contribution is 0.0637. The minimum atomic E-state index is -0.301. The molecule has 1 heterocycles. The van der Waals surface area contributed by atoms with E-state index in [1.807, 2.05) is 0 Å². The van der Waals surface area contributed by atoms with Gasteiger partial charge in [-0.1, -0.05) is 18.5 Å². The Balaban J connectivity index is 1.54. The topological polar surface area (TPSA) is 62.2 Å². The molecule has 7 heteroatoms. The van der Waals surface area contributed by atoms with Crippen molar-refractivity contribution in [1.82, 2.24) is 9.80 Å². The van der Waals surface area contributed by atoms with Gasteiger partial charge in [0.2, 0.25) is 0 Å². The molecule has 1 aromatic rings. The molecule has 0 unspecified atom stereocenters. The molecule has 6 nitrogen and oxygen atoms in total. The summed E-state index contributed by atoms with van der Waals surface area (Å²) in [5, 5.41) is 9.60. The lowest BCUT2D eigenvalue weighted by Crippen LogP contribution is -2.41. The normalized spacial score (nSPS) is 15.2. The maximum atomic E-state index is 12.2. The molecule has 0 saturated carbocycles. The van der Waals surface area contributed by atoms with Crippen LogP contribution in [0, 0.1) is 5.92 Å². The number of rotatable bonds is 11. The SMILES string of the molecule is CCN(CCO)CCCCOCC1CCN(C(=O)Oc2ccc(Cl)cc2)CC1. The predicted octanol–water partition coefficient (Wildman–Crippen LogP) is 3.66. The maximum absolute atomic E-state index is 12.2. The van der Waals surface area contributed by atoms with Crippen LogP contribution in [0.1, 0.15) is 32.6 Å². The Labute approximate surface area is 173 Å². The molecule has 1 saturated heterocycles. The molecule has 0 spiro atoms. The van der Waals surface area contributed by atoms with Crippen LogP contribution >= 0.6 is 11.6 Å². The number of carbonyl (C=O) groups is 1. The zero-order valence-corrected chi connectivity index (χ0v) is 17.6. The van der Waals surface area contributed by atoms with Crippen LogP contribution in [-0.4, -0.2) is 73.5 Å². The number of likely N-dealkylation sites (tertiary alicyclic amines) is 1. The molecule has 0 radical (unpaired) electrons.